The lowest BCUT2D eigenvalue weighted by atomic mass is 9.82. The number of Topliss-reactive ketones (excluding diaryl/α,β-unsaturated/α-hetero) is 1. The lowest BCUT2D eigenvalue weighted by Gasteiger charge is -2.37. The van der Waals surface area contributed by atoms with Gasteiger partial charge in [-0.05, 0) is 88.9 Å². The molecule has 4 aliphatic rings. The third-order valence-corrected chi connectivity index (χ3v) is 11.8. The van der Waals surface area contributed by atoms with Crippen LogP contribution in [0, 0.1) is 29.6 Å². The Balaban J connectivity index is 1.55. The molecule has 13 heteroatoms. The van der Waals surface area contributed by atoms with Gasteiger partial charge in [-0.1, -0.05) is 71.3 Å². The van der Waals surface area contributed by atoms with Gasteiger partial charge < -0.3 is 35.8 Å². The van der Waals surface area contributed by atoms with Gasteiger partial charge >= 0.3 is 12.1 Å². The SMILES string of the molecule is C=CCNC(=O)C(=O)C(CC1CC1)NC(=O)[C@@H]1C(C(C)C)CCN1C(=O)[C@@H](NC(=O)N[C@H](CN(C)C(=O)OC(C)(C)C)C1CCCCC1)C1CCCCC1. The van der Waals surface area contributed by atoms with Gasteiger partial charge in [0.05, 0.1) is 12.1 Å². The van der Waals surface area contributed by atoms with Crippen molar-refractivity contribution in [2.45, 2.75) is 154 Å². The average molecular weight is 757 g/mol. The highest BCUT2D eigenvalue weighted by molar-refractivity contribution is 6.38. The van der Waals surface area contributed by atoms with Crippen molar-refractivity contribution in [3.8, 4) is 0 Å². The van der Waals surface area contributed by atoms with Crippen LogP contribution in [0.3, 0.4) is 0 Å². The zero-order chi connectivity index (χ0) is 39.6. The summed E-state index contributed by atoms with van der Waals surface area (Å²) in [4.78, 5) is 85.1. The minimum absolute atomic E-state index is 0.0645. The van der Waals surface area contributed by atoms with Crippen molar-refractivity contribution in [1.29, 1.82) is 0 Å². The van der Waals surface area contributed by atoms with Crippen LogP contribution in [0.15, 0.2) is 12.7 Å². The molecule has 0 spiro atoms. The van der Waals surface area contributed by atoms with Crippen molar-refractivity contribution in [3.63, 3.8) is 0 Å². The second kappa shape index (κ2) is 19.8. The Kier molecular flexibility index (Phi) is 15.8. The molecule has 4 fully saturated rings. The second-order valence-corrected chi connectivity index (χ2v) is 17.6. The highest BCUT2D eigenvalue weighted by atomic mass is 16.6. The van der Waals surface area contributed by atoms with Crippen molar-refractivity contribution in [2.75, 3.05) is 26.7 Å². The molecule has 1 aliphatic heterocycles. The maximum atomic E-state index is 14.8. The van der Waals surface area contributed by atoms with Crippen LogP contribution in [-0.2, 0) is 23.9 Å². The molecular formula is C41H68N6O7. The fourth-order valence-corrected chi connectivity index (χ4v) is 8.62. The number of carbonyl (C=O) groups is 6. The Hall–Kier alpha value is -3.64. The van der Waals surface area contributed by atoms with E-state index in [-0.39, 0.29) is 54.6 Å². The molecule has 3 saturated carbocycles. The molecule has 0 radical (unpaired) electrons. The van der Waals surface area contributed by atoms with Crippen molar-refractivity contribution in [2.24, 2.45) is 29.6 Å². The van der Waals surface area contributed by atoms with Crippen molar-refractivity contribution in [1.82, 2.24) is 31.1 Å². The van der Waals surface area contributed by atoms with Gasteiger partial charge in [-0.3, -0.25) is 19.2 Å². The van der Waals surface area contributed by atoms with Crippen molar-refractivity contribution >= 4 is 35.6 Å². The number of ketones is 1. The third kappa shape index (κ3) is 12.4. The standard InChI is InChI=1S/C41H68N6O7/c1-8-22-42-37(50)35(48)31(24-27-19-20-27)43-36(49)34-30(26(2)3)21-23-47(34)38(51)33(29-17-13-10-14-18-29)45-39(52)44-32(28-15-11-9-12-16-28)25-46(7)40(53)54-41(4,5)6/h8,26-34H,1,9-25H2,2-7H3,(H,42,50)(H,43,49)(H2,44,45,52)/t30?,31?,32-,33+,34+/m1/s1. The highest BCUT2D eigenvalue weighted by Crippen LogP contribution is 2.36. The minimum Gasteiger partial charge on any atom is -0.444 e. The molecule has 0 bridgehead atoms. The lowest BCUT2D eigenvalue weighted by molar-refractivity contribution is -0.144. The molecule has 1 heterocycles. The maximum absolute atomic E-state index is 14.8. The van der Waals surface area contributed by atoms with Crippen LogP contribution in [0.25, 0.3) is 0 Å². The minimum atomic E-state index is -0.992. The summed E-state index contributed by atoms with van der Waals surface area (Å²) >= 11 is 0. The van der Waals surface area contributed by atoms with E-state index in [9.17, 15) is 28.8 Å². The van der Waals surface area contributed by atoms with Crippen LogP contribution in [0.5, 0.6) is 0 Å². The van der Waals surface area contributed by atoms with Gasteiger partial charge in [-0.2, -0.15) is 0 Å². The summed E-state index contributed by atoms with van der Waals surface area (Å²) in [5, 5.41) is 11.7. The molecule has 4 rings (SSSR count). The van der Waals surface area contributed by atoms with Crippen LogP contribution in [0.4, 0.5) is 9.59 Å². The lowest BCUT2D eigenvalue weighted by Crippen LogP contribution is -2.61. The first-order valence-electron chi connectivity index (χ1n) is 20.6. The van der Waals surface area contributed by atoms with E-state index in [0.717, 1.165) is 77.0 Å². The first-order valence-corrected chi connectivity index (χ1v) is 20.6. The smallest absolute Gasteiger partial charge is 0.410 e. The molecule has 0 aromatic heterocycles. The number of nitrogens with zero attached hydrogens (tertiary/aromatic N) is 2. The molecule has 4 N–H and O–H groups in total. The van der Waals surface area contributed by atoms with Gasteiger partial charge in [0.1, 0.15) is 17.7 Å². The summed E-state index contributed by atoms with van der Waals surface area (Å²) < 4.78 is 5.60. The van der Waals surface area contributed by atoms with E-state index in [1.54, 1.807) is 11.9 Å². The van der Waals surface area contributed by atoms with Crippen molar-refractivity contribution in [3.05, 3.63) is 12.7 Å². The normalized spacial score (nSPS) is 22.8. The van der Waals surface area contributed by atoms with Gasteiger partial charge in [-0.15, -0.1) is 6.58 Å². The molecule has 0 aromatic carbocycles. The van der Waals surface area contributed by atoms with E-state index in [1.807, 2.05) is 34.6 Å². The predicted octanol–water partition coefficient (Wildman–Crippen LogP) is 5.08. The van der Waals surface area contributed by atoms with Gasteiger partial charge in [0, 0.05) is 26.7 Å². The highest BCUT2D eigenvalue weighted by Gasteiger charge is 2.47. The number of likely N-dealkylation sites (tertiary alicyclic amines) is 1. The average Bonchev–Trinajstić information content (AvgIpc) is 3.84. The third-order valence-electron chi connectivity index (χ3n) is 11.8. The topological polar surface area (TPSA) is 166 Å². The van der Waals surface area contributed by atoms with Gasteiger partial charge in [0.15, 0.2) is 0 Å². The van der Waals surface area contributed by atoms with Crippen LogP contribution in [0.2, 0.25) is 0 Å². The molecule has 54 heavy (non-hydrogen) atoms. The maximum Gasteiger partial charge on any atom is 0.410 e. The summed E-state index contributed by atoms with van der Waals surface area (Å²) in [6.45, 7) is 13.9. The van der Waals surface area contributed by atoms with E-state index < -0.39 is 53.4 Å². The number of hydrogen-bond acceptors (Lipinski definition) is 7. The quantitative estimate of drug-likeness (QED) is 0.126. The fourth-order valence-electron chi connectivity index (χ4n) is 8.62. The van der Waals surface area contributed by atoms with E-state index in [4.69, 9.17) is 4.74 Å². The molecule has 304 valence electrons. The van der Waals surface area contributed by atoms with Gasteiger partial charge in [-0.25, -0.2) is 9.59 Å². The first-order chi connectivity index (χ1) is 25.6. The largest absolute Gasteiger partial charge is 0.444 e. The molecule has 1 saturated heterocycles. The van der Waals surface area contributed by atoms with Crippen LogP contribution in [0.1, 0.15) is 125 Å². The summed E-state index contributed by atoms with van der Waals surface area (Å²) in [5.74, 6) is -1.98. The van der Waals surface area contributed by atoms with Crippen molar-refractivity contribution < 1.29 is 33.5 Å². The molecule has 0 aromatic rings. The molecular weight excluding hydrogens is 688 g/mol. The summed E-state index contributed by atoms with van der Waals surface area (Å²) in [6.07, 6.45) is 13.5. The molecule has 3 aliphatic carbocycles. The molecule has 13 nitrogen and oxygen atoms in total. The van der Waals surface area contributed by atoms with E-state index in [0.29, 0.717) is 19.4 Å². The molecule has 6 amide bonds. The Morgan fingerprint density at radius 3 is 2.02 bits per heavy atom. The Bertz CT molecular complexity index is 1330. The Morgan fingerprint density at radius 1 is 0.852 bits per heavy atom. The zero-order valence-electron chi connectivity index (χ0n) is 33.8. The zero-order valence-corrected chi connectivity index (χ0v) is 33.8. The van der Waals surface area contributed by atoms with Crippen LogP contribution in [-0.4, -0.2) is 102 Å². The number of carbonyl (C=O) groups excluding carboxylic acids is 6. The van der Waals surface area contributed by atoms with E-state index in [1.165, 1.54) is 11.0 Å². The predicted molar refractivity (Wildman–Crippen MR) is 207 cm³/mol. The molecule has 2 unspecified atom stereocenters. The number of rotatable bonds is 16. The second-order valence-electron chi connectivity index (χ2n) is 17.6. The number of nitrogens with one attached hydrogen (secondary N) is 4. The number of ether oxygens (including phenoxy) is 1. The summed E-state index contributed by atoms with van der Waals surface area (Å²) in [5.41, 5.74) is -0.656. The Morgan fingerprint density at radius 2 is 1.46 bits per heavy atom. The van der Waals surface area contributed by atoms with Gasteiger partial charge in [0.2, 0.25) is 17.6 Å². The van der Waals surface area contributed by atoms with Crippen LogP contribution >= 0.6 is 0 Å². The van der Waals surface area contributed by atoms with E-state index in [2.05, 4.69) is 27.8 Å². The summed E-state index contributed by atoms with van der Waals surface area (Å²) in [7, 11) is 1.68. The number of hydrogen-bond donors (Lipinski definition) is 4. The Labute approximate surface area is 322 Å². The first kappa shape index (κ1) is 43.1. The van der Waals surface area contributed by atoms with Crippen LogP contribution < -0.4 is 21.3 Å². The molecule has 5 atom stereocenters. The number of likely N-dealkylation sites (N-methyl/N-ethyl adjacent to an activating group) is 1. The monoisotopic (exact) mass is 757 g/mol. The summed E-state index contributed by atoms with van der Waals surface area (Å²) in [6, 6.07) is -3.50. The number of amides is 6. The number of urea groups is 1. The van der Waals surface area contributed by atoms with E-state index >= 15 is 0 Å². The fraction of sp³-hybridized carbons (Fsp3) is 0.805. The van der Waals surface area contributed by atoms with Gasteiger partial charge in [0.25, 0.3) is 5.91 Å².